The Morgan fingerprint density at radius 1 is 1.12 bits per heavy atom. The van der Waals surface area contributed by atoms with Crippen LogP contribution in [0, 0.1) is 0 Å². The number of aryl methyl sites for hydroxylation is 1. The first-order chi connectivity index (χ1) is 16.4. The highest BCUT2D eigenvalue weighted by Crippen LogP contribution is 2.37. The molecule has 0 aromatic heterocycles. The Morgan fingerprint density at radius 2 is 1.85 bits per heavy atom. The van der Waals surface area contributed by atoms with Crippen molar-refractivity contribution < 1.29 is 24.2 Å². The van der Waals surface area contributed by atoms with E-state index in [0.29, 0.717) is 57.2 Å². The van der Waals surface area contributed by atoms with Crippen LogP contribution in [0.1, 0.15) is 59.7 Å². The molecule has 2 amide bonds. The van der Waals surface area contributed by atoms with Gasteiger partial charge in [0.1, 0.15) is 5.75 Å². The normalized spacial score (nSPS) is 15.1. The number of ketones is 1. The van der Waals surface area contributed by atoms with Crippen LogP contribution in [0.25, 0.3) is 0 Å². The fourth-order valence-electron chi connectivity index (χ4n) is 5.14. The monoisotopic (exact) mass is 464 g/mol. The quantitative estimate of drug-likeness (QED) is 0.413. The van der Waals surface area contributed by atoms with E-state index >= 15 is 0 Å². The number of methoxy groups -OCH3 is 1. The summed E-state index contributed by atoms with van der Waals surface area (Å²) in [6.07, 6.45) is 3.23. The molecule has 1 N–H and O–H groups in total. The van der Waals surface area contributed by atoms with E-state index in [2.05, 4.69) is 0 Å². The standard InChI is InChI=1S/C27H32N2O5/c1-18(15-19-7-3-4-9-24(19)34-2)28(27(32)33)13-6-5-8-23(30)22-16-20-10-11-25(31)29-14-12-21(17-22)26(20)29/h3-4,7,9,16-18H,5-6,8,10-15H2,1-2H3,(H,32,33). The molecule has 180 valence electrons. The van der Waals surface area contributed by atoms with E-state index in [1.807, 2.05) is 48.2 Å². The molecule has 0 radical (unpaired) electrons. The van der Waals surface area contributed by atoms with Gasteiger partial charge in [0.25, 0.3) is 0 Å². The smallest absolute Gasteiger partial charge is 0.407 e. The van der Waals surface area contributed by atoms with Crippen molar-refractivity contribution in [3.63, 3.8) is 0 Å². The van der Waals surface area contributed by atoms with E-state index in [0.717, 1.165) is 34.5 Å². The van der Waals surface area contributed by atoms with Crippen molar-refractivity contribution in [1.29, 1.82) is 0 Å². The summed E-state index contributed by atoms with van der Waals surface area (Å²) in [6.45, 7) is 2.98. The molecule has 1 unspecified atom stereocenters. The number of benzene rings is 2. The maximum absolute atomic E-state index is 12.9. The summed E-state index contributed by atoms with van der Waals surface area (Å²) < 4.78 is 5.39. The molecule has 0 saturated heterocycles. The second-order valence-corrected chi connectivity index (χ2v) is 9.16. The number of nitrogens with zero attached hydrogens (tertiary/aromatic N) is 2. The van der Waals surface area contributed by atoms with Crippen LogP contribution in [0.3, 0.4) is 0 Å². The van der Waals surface area contributed by atoms with Gasteiger partial charge in [0, 0.05) is 37.5 Å². The fourth-order valence-corrected chi connectivity index (χ4v) is 5.14. The van der Waals surface area contributed by atoms with E-state index in [4.69, 9.17) is 4.74 Å². The summed E-state index contributed by atoms with van der Waals surface area (Å²) in [4.78, 5) is 40.2. The zero-order valence-electron chi connectivity index (χ0n) is 19.9. The Kier molecular flexibility index (Phi) is 7.20. The van der Waals surface area contributed by atoms with Crippen LogP contribution in [0.2, 0.25) is 0 Å². The molecular formula is C27H32N2O5. The van der Waals surface area contributed by atoms with Crippen LogP contribution in [0.4, 0.5) is 10.5 Å². The van der Waals surface area contributed by atoms with Crippen LogP contribution in [0.15, 0.2) is 36.4 Å². The molecular weight excluding hydrogens is 432 g/mol. The maximum atomic E-state index is 12.9. The minimum Gasteiger partial charge on any atom is -0.496 e. The lowest BCUT2D eigenvalue weighted by Gasteiger charge is -2.27. The Balaban J connectivity index is 1.32. The molecule has 7 nitrogen and oxygen atoms in total. The molecule has 4 rings (SSSR count). The minimum absolute atomic E-state index is 0.0818. The molecule has 0 spiro atoms. The largest absolute Gasteiger partial charge is 0.496 e. The molecule has 7 heteroatoms. The van der Waals surface area contributed by atoms with Gasteiger partial charge in [0.15, 0.2) is 5.78 Å². The summed E-state index contributed by atoms with van der Waals surface area (Å²) in [5.74, 6) is 1.01. The van der Waals surface area contributed by atoms with E-state index < -0.39 is 6.09 Å². The zero-order valence-corrected chi connectivity index (χ0v) is 19.9. The van der Waals surface area contributed by atoms with Gasteiger partial charge in [0.05, 0.1) is 12.8 Å². The minimum atomic E-state index is -0.953. The highest BCUT2D eigenvalue weighted by Gasteiger charge is 2.32. The SMILES string of the molecule is COc1ccccc1CC(C)N(CCCCC(=O)c1cc2c3c(c1)CCN3C(=O)CC2)C(=O)O. The number of unbranched alkanes of at least 4 members (excludes halogenated alkanes) is 1. The number of para-hydroxylation sites is 1. The first-order valence-electron chi connectivity index (χ1n) is 12.0. The Bertz CT molecular complexity index is 1100. The lowest BCUT2D eigenvalue weighted by atomic mass is 9.94. The third kappa shape index (κ3) is 4.93. The molecule has 0 bridgehead atoms. The average molecular weight is 465 g/mol. The van der Waals surface area contributed by atoms with Gasteiger partial charge in [-0.25, -0.2) is 4.79 Å². The summed E-state index contributed by atoms with van der Waals surface area (Å²) in [5, 5.41) is 9.73. The second kappa shape index (κ2) is 10.3. The molecule has 2 aliphatic rings. The van der Waals surface area contributed by atoms with Gasteiger partial charge < -0.3 is 19.6 Å². The van der Waals surface area contributed by atoms with Crippen LogP contribution >= 0.6 is 0 Å². The molecule has 0 saturated carbocycles. The molecule has 2 aliphatic heterocycles. The average Bonchev–Trinajstić information content (AvgIpc) is 3.26. The van der Waals surface area contributed by atoms with Crippen LogP contribution in [0.5, 0.6) is 5.75 Å². The molecule has 0 fully saturated rings. The maximum Gasteiger partial charge on any atom is 0.407 e. The van der Waals surface area contributed by atoms with Crippen molar-refractivity contribution in [2.24, 2.45) is 0 Å². The van der Waals surface area contributed by atoms with Gasteiger partial charge in [-0.05, 0) is 73.9 Å². The molecule has 2 heterocycles. The van der Waals surface area contributed by atoms with Crippen LogP contribution in [-0.2, 0) is 24.1 Å². The Hall–Kier alpha value is -3.35. The van der Waals surface area contributed by atoms with Gasteiger partial charge in [-0.3, -0.25) is 9.59 Å². The molecule has 2 aromatic rings. The summed E-state index contributed by atoms with van der Waals surface area (Å²) in [7, 11) is 1.61. The number of rotatable bonds is 10. The van der Waals surface area contributed by atoms with E-state index in [1.54, 1.807) is 7.11 Å². The number of Topliss-reactive ketones (excluding diaryl/α,β-unsaturated/α-hetero) is 1. The predicted molar refractivity (Wildman–Crippen MR) is 130 cm³/mol. The number of amides is 2. The Morgan fingerprint density at radius 3 is 2.59 bits per heavy atom. The van der Waals surface area contributed by atoms with Gasteiger partial charge in [-0.2, -0.15) is 0 Å². The van der Waals surface area contributed by atoms with Crippen LogP contribution < -0.4 is 9.64 Å². The Labute approximate surface area is 200 Å². The molecule has 0 aliphatic carbocycles. The van der Waals surface area contributed by atoms with Crippen molar-refractivity contribution >= 4 is 23.5 Å². The van der Waals surface area contributed by atoms with Gasteiger partial charge in [-0.1, -0.05) is 18.2 Å². The molecule has 2 aromatic carbocycles. The second-order valence-electron chi connectivity index (χ2n) is 9.16. The van der Waals surface area contributed by atoms with Crippen molar-refractivity contribution in [2.75, 3.05) is 25.1 Å². The lowest BCUT2D eigenvalue weighted by molar-refractivity contribution is -0.118. The van der Waals surface area contributed by atoms with Crippen molar-refractivity contribution in [3.8, 4) is 5.75 Å². The zero-order chi connectivity index (χ0) is 24.2. The predicted octanol–water partition coefficient (Wildman–Crippen LogP) is 4.49. The van der Waals surface area contributed by atoms with Gasteiger partial charge >= 0.3 is 6.09 Å². The number of hydrogen-bond acceptors (Lipinski definition) is 4. The van der Waals surface area contributed by atoms with E-state index in [1.165, 1.54) is 4.90 Å². The molecule has 34 heavy (non-hydrogen) atoms. The highest BCUT2D eigenvalue weighted by atomic mass is 16.5. The van der Waals surface area contributed by atoms with Crippen LogP contribution in [-0.4, -0.2) is 54.0 Å². The third-order valence-corrected chi connectivity index (χ3v) is 6.91. The summed E-state index contributed by atoms with van der Waals surface area (Å²) >= 11 is 0. The van der Waals surface area contributed by atoms with E-state index in [-0.39, 0.29) is 17.7 Å². The van der Waals surface area contributed by atoms with Gasteiger partial charge in [0.2, 0.25) is 5.91 Å². The van der Waals surface area contributed by atoms with Crippen molar-refractivity contribution in [2.45, 2.75) is 57.9 Å². The number of carbonyl (C=O) groups is 3. The summed E-state index contributed by atoms with van der Waals surface area (Å²) in [5.41, 5.74) is 4.90. The number of carboxylic acid groups (broad SMARTS) is 1. The number of anilines is 1. The molecule has 1 atom stereocenters. The van der Waals surface area contributed by atoms with Gasteiger partial charge in [-0.15, -0.1) is 0 Å². The number of carbonyl (C=O) groups excluding carboxylic acids is 2. The lowest BCUT2D eigenvalue weighted by Crippen LogP contribution is -2.39. The van der Waals surface area contributed by atoms with E-state index in [9.17, 15) is 19.5 Å². The topological polar surface area (TPSA) is 87.2 Å². The van der Waals surface area contributed by atoms with Crippen molar-refractivity contribution in [1.82, 2.24) is 4.90 Å². The summed E-state index contributed by atoms with van der Waals surface area (Å²) in [6, 6.07) is 11.3. The fraction of sp³-hybridized carbons (Fsp3) is 0.444. The number of ether oxygens (including phenoxy) is 1. The van der Waals surface area contributed by atoms with Crippen molar-refractivity contribution in [3.05, 3.63) is 58.7 Å². The number of hydrogen-bond donors (Lipinski definition) is 1. The third-order valence-electron chi connectivity index (χ3n) is 6.91. The highest BCUT2D eigenvalue weighted by molar-refractivity contribution is 6.02. The first kappa shape index (κ1) is 23.8. The first-order valence-corrected chi connectivity index (χ1v) is 12.0.